The standard InChI is InChI=1S/C20H17FN4O2S/c1-2-11-24-18(26)14-7-3-5-9-16(14)25-19(24)22-23-20(25)28-13-12-27-17-10-6-4-8-15(17)21/h2-10H,1,11-13H2. The number of halogens is 1. The Labute approximate surface area is 164 Å². The van der Waals surface area contributed by atoms with Gasteiger partial charge in [0.05, 0.1) is 17.5 Å². The molecule has 8 heteroatoms. The van der Waals surface area contributed by atoms with Gasteiger partial charge in [0.25, 0.3) is 5.56 Å². The summed E-state index contributed by atoms with van der Waals surface area (Å²) in [6.07, 6.45) is 1.65. The summed E-state index contributed by atoms with van der Waals surface area (Å²) in [5.41, 5.74) is 0.611. The lowest BCUT2D eigenvalue weighted by atomic mass is 10.2. The van der Waals surface area contributed by atoms with Gasteiger partial charge < -0.3 is 4.74 Å². The van der Waals surface area contributed by atoms with Crippen molar-refractivity contribution < 1.29 is 9.13 Å². The van der Waals surface area contributed by atoms with Crippen molar-refractivity contribution in [1.29, 1.82) is 0 Å². The predicted octanol–water partition coefficient (Wildman–Crippen LogP) is 3.54. The SMILES string of the molecule is C=CCn1c(=O)c2ccccc2n2c(SCCOc3ccccc3F)nnc12. The Morgan fingerprint density at radius 1 is 1.14 bits per heavy atom. The van der Waals surface area contributed by atoms with Crippen LogP contribution in [-0.2, 0) is 6.54 Å². The lowest BCUT2D eigenvalue weighted by Gasteiger charge is -2.10. The second-order valence-electron chi connectivity index (χ2n) is 5.97. The first-order chi connectivity index (χ1) is 13.7. The number of ether oxygens (including phenoxy) is 1. The first-order valence-electron chi connectivity index (χ1n) is 8.68. The van der Waals surface area contributed by atoms with E-state index in [9.17, 15) is 9.18 Å². The Balaban J connectivity index is 1.64. The zero-order valence-electron chi connectivity index (χ0n) is 14.9. The van der Waals surface area contributed by atoms with E-state index in [1.54, 1.807) is 34.9 Å². The van der Waals surface area contributed by atoms with E-state index in [2.05, 4.69) is 16.8 Å². The number of nitrogens with zero attached hydrogens (tertiary/aromatic N) is 4. The Hall–Kier alpha value is -3.13. The highest BCUT2D eigenvalue weighted by Gasteiger charge is 2.16. The second kappa shape index (κ2) is 7.85. The van der Waals surface area contributed by atoms with Crippen LogP contribution in [0.15, 0.2) is 71.1 Å². The van der Waals surface area contributed by atoms with Crippen molar-refractivity contribution in [3.63, 3.8) is 0 Å². The van der Waals surface area contributed by atoms with Crippen LogP contribution in [0.2, 0.25) is 0 Å². The maximum Gasteiger partial charge on any atom is 0.263 e. The molecular weight excluding hydrogens is 379 g/mol. The number of hydrogen-bond donors (Lipinski definition) is 0. The molecule has 0 atom stereocenters. The normalized spacial score (nSPS) is 11.2. The molecule has 0 radical (unpaired) electrons. The number of aromatic nitrogens is 4. The van der Waals surface area contributed by atoms with Crippen molar-refractivity contribution >= 4 is 28.4 Å². The molecule has 0 N–H and O–H groups in total. The van der Waals surface area contributed by atoms with Crippen LogP contribution in [0, 0.1) is 5.82 Å². The van der Waals surface area contributed by atoms with E-state index in [-0.39, 0.29) is 17.1 Å². The van der Waals surface area contributed by atoms with Crippen LogP contribution in [0.1, 0.15) is 0 Å². The molecule has 142 valence electrons. The Kier molecular flexibility index (Phi) is 5.12. The molecule has 0 saturated heterocycles. The molecule has 0 aliphatic carbocycles. The summed E-state index contributed by atoms with van der Waals surface area (Å²) in [6, 6.07) is 13.6. The maximum absolute atomic E-state index is 13.6. The lowest BCUT2D eigenvalue weighted by molar-refractivity contribution is 0.325. The van der Waals surface area contributed by atoms with E-state index >= 15 is 0 Å². The van der Waals surface area contributed by atoms with Gasteiger partial charge in [-0.1, -0.05) is 42.1 Å². The van der Waals surface area contributed by atoms with Crippen LogP contribution < -0.4 is 10.3 Å². The minimum absolute atomic E-state index is 0.130. The Morgan fingerprint density at radius 2 is 1.93 bits per heavy atom. The molecular formula is C20H17FN4O2S. The van der Waals surface area contributed by atoms with Gasteiger partial charge in [-0.3, -0.25) is 13.8 Å². The fourth-order valence-electron chi connectivity index (χ4n) is 2.97. The average Bonchev–Trinajstić information content (AvgIpc) is 3.13. The molecule has 4 aromatic rings. The van der Waals surface area contributed by atoms with Crippen LogP contribution in [0.4, 0.5) is 4.39 Å². The van der Waals surface area contributed by atoms with E-state index in [1.165, 1.54) is 17.8 Å². The van der Waals surface area contributed by atoms with Gasteiger partial charge in [-0.05, 0) is 24.3 Å². The molecule has 0 amide bonds. The van der Waals surface area contributed by atoms with Crippen LogP contribution in [0.25, 0.3) is 16.7 Å². The van der Waals surface area contributed by atoms with Crippen molar-refractivity contribution in [2.24, 2.45) is 0 Å². The number of rotatable bonds is 7. The summed E-state index contributed by atoms with van der Waals surface area (Å²) in [5.74, 6) is 0.838. The summed E-state index contributed by atoms with van der Waals surface area (Å²) >= 11 is 1.43. The largest absolute Gasteiger partial charge is 0.490 e. The Morgan fingerprint density at radius 3 is 2.75 bits per heavy atom. The summed E-state index contributed by atoms with van der Waals surface area (Å²) in [6.45, 7) is 4.37. The van der Waals surface area contributed by atoms with Crippen LogP contribution in [0.3, 0.4) is 0 Å². The maximum atomic E-state index is 13.6. The summed E-state index contributed by atoms with van der Waals surface area (Å²) in [4.78, 5) is 12.8. The van der Waals surface area contributed by atoms with Crippen molar-refractivity contribution in [3.05, 3.63) is 77.4 Å². The second-order valence-corrected chi connectivity index (χ2v) is 7.03. The Bertz CT molecular complexity index is 1220. The van der Waals surface area contributed by atoms with Gasteiger partial charge in [0.2, 0.25) is 5.78 Å². The lowest BCUT2D eigenvalue weighted by Crippen LogP contribution is -2.22. The molecule has 2 aromatic heterocycles. The number of fused-ring (bicyclic) bond motifs is 3. The van der Waals surface area contributed by atoms with Crippen molar-refractivity contribution in [1.82, 2.24) is 19.2 Å². The van der Waals surface area contributed by atoms with Crippen molar-refractivity contribution in [3.8, 4) is 5.75 Å². The van der Waals surface area contributed by atoms with Gasteiger partial charge in [0, 0.05) is 12.3 Å². The molecule has 0 bridgehead atoms. The van der Waals surface area contributed by atoms with E-state index in [0.717, 1.165) is 5.52 Å². The van der Waals surface area contributed by atoms with Crippen molar-refractivity contribution in [2.75, 3.05) is 12.4 Å². The van der Waals surface area contributed by atoms with Gasteiger partial charge in [0.1, 0.15) is 0 Å². The van der Waals surface area contributed by atoms with Gasteiger partial charge in [0.15, 0.2) is 16.7 Å². The van der Waals surface area contributed by atoms with Crippen LogP contribution in [-0.4, -0.2) is 31.5 Å². The highest BCUT2D eigenvalue weighted by atomic mass is 32.2. The number of hydrogen-bond acceptors (Lipinski definition) is 5. The van der Waals surface area contributed by atoms with E-state index < -0.39 is 0 Å². The first kappa shape index (κ1) is 18.2. The van der Waals surface area contributed by atoms with E-state index in [1.807, 2.05) is 22.6 Å². The number of benzene rings is 2. The molecule has 4 rings (SSSR count). The third kappa shape index (κ3) is 3.27. The monoisotopic (exact) mass is 396 g/mol. The fraction of sp³-hybridized carbons (Fsp3) is 0.150. The molecule has 6 nitrogen and oxygen atoms in total. The van der Waals surface area contributed by atoms with Gasteiger partial charge >= 0.3 is 0 Å². The smallest absolute Gasteiger partial charge is 0.263 e. The number of allylic oxidation sites excluding steroid dienone is 1. The molecule has 2 aromatic carbocycles. The summed E-state index contributed by atoms with van der Waals surface area (Å²) in [5, 5.41) is 9.67. The molecule has 0 aliphatic rings. The molecule has 0 unspecified atom stereocenters. The first-order valence-corrected chi connectivity index (χ1v) is 9.67. The van der Waals surface area contributed by atoms with Crippen LogP contribution in [0.5, 0.6) is 5.75 Å². The quantitative estimate of drug-likeness (QED) is 0.272. The molecule has 0 fully saturated rings. The van der Waals surface area contributed by atoms with Gasteiger partial charge in [-0.15, -0.1) is 16.8 Å². The third-order valence-electron chi connectivity index (χ3n) is 4.20. The predicted molar refractivity (Wildman–Crippen MR) is 108 cm³/mol. The zero-order valence-corrected chi connectivity index (χ0v) is 15.7. The molecule has 0 aliphatic heterocycles. The van der Waals surface area contributed by atoms with Gasteiger partial charge in [-0.25, -0.2) is 4.39 Å². The van der Waals surface area contributed by atoms with E-state index in [0.29, 0.717) is 35.2 Å². The average molecular weight is 396 g/mol. The van der Waals surface area contributed by atoms with Crippen molar-refractivity contribution in [2.45, 2.75) is 11.7 Å². The van der Waals surface area contributed by atoms with E-state index in [4.69, 9.17) is 4.74 Å². The minimum atomic E-state index is -0.389. The molecule has 28 heavy (non-hydrogen) atoms. The topological polar surface area (TPSA) is 61.4 Å². The summed E-state index contributed by atoms with van der Waals surface area (Å²) in [7, 11) is 0. The third-order valence-corrected chi connectivity index (χ3v) is 5.09. The minimum Gasteiger partial charge on any atom is -0.490 e. The fourth-order valence-corrected chi connectivity index (χ4v) is 3.72. The highest BCUT2D eigenvalue weighted by molar-refractivity contribution is 7.99. The molecule has 0 spiro atoms. The molecule has 0 saturated carbocycles. The number of thioether (sulfide) groups is 1. The number of para-hydroxylation sites is 2. The van der Waals surface area contributed by atoms with Crippen LogP contribution >= 0.6 is 11.8 Å². The zero-order chi connectivity index (χ0) is 19.5. The summed E-state index contributed by atoms with van der Waals surface area (Å²) < 4.78 is 22.5. The molecule has 2 heterocycles. The highest BCUT2D eigenvalue weighted by Crippen LogP contribution is 2.22. The van der Waals surface area contributed by atoms with Gasteiger partial charge in [-0.2, -0.15) is 0 Å².